The number of fused-ring (bicyclic) bond motifs is 1. The molecule has 1 saturated heterocycles. The molecule has 0 bridgehead atoms. The summed E-state index contributed by atoms with van der Waals surface area (Å²) in [5, 5.41) is 1.35. The lowest BCUT2D eigenvalue weighted by atomic mass is 9.95. The Kier molecular flexibility index (Phi) is 3.64. The molecule has 3 heterocycles. The second-order valence-electron chi connectivity index (χ2n) is 5.73. The summed E-state index contributed by atoms with van der Waals surface area (Å²) in [6.07, 6.45) is 2.15. The largest absolute Gasteiger partial charge is 0.380 e. The van der Waals surface area contributed by atoms with E-state index in [-0.39, 0.29) is 0 Å². The fourth-order valence-electron chi connectivity index (χ4n) is 2.85. The minimum atomic E-state index is 0.537. The lowest BCUT2D eigenvalue weighted by molar-refractivity contribution is 0.00899. The van der Waals surface area contributed by atoms with Crippen molar-refractivity contribution in [2.24, 2.45) is 0 Å². The van der Waals surface area contributed by atoms with Crippen molar-refractivity contribution in [3.8, 4) is 0 Å². The van der Waals surface area contributed by atoms with Crippen LogP contribution in [0.1, 0.15) is 21.9 Å². The van der Waals surface area contributed by atoms with Gasteiger partial charge >= 0.3 is 0 Å². The van der Waals surface area contributed by atoms with Gasteiger partial charge in [-0.1, -0.05) is 6.07 Å². The van der Waals surface area contributed by atoms with E-state index in [0.29, 0.717) is 5.92 Å². The summed E-state index contributed by atoms with van der Waals surface area (Å²) in [4.78, 5) is 4.80. The number of thiophene rings is 1. The first-order valence-electron chi connectivity index (χ1n) is 7.40. The molecule has 4 rings (SSSR count). The normalized spacial score (nSPS) is 15.2. The number of anilines is 1. The van der Waals surface area contributed by atoms with E-state index in [1.54, 1.807) is 11.9 Å². The van der Waals surface area contributed by atoms with Crippen molar-refractivity contribution in [1.82, 2.24) is 4.98 Å². The maximum absolute atomic E-state index is 5.35. The highest BCUT2D eigenvalue weighted by molar-refractivity contribution is 8.02. The van der Waals surface area contributed by atoms with Crippen LogP contribution in [0.25, 0.3) is 10.9 Å². The second-order valence-corrected chi connectivity index (χ2v) is 8.12. The van der Waals surface area contributed by atoms with Crippen LogP contribution in [0.15, 0.2) is 34.7 Å². The molecule has 0 radical (unpaired) electrons. The van der Waals surface area contributed by atoms with Gasteiger partial charge in [-0.05, 0) is 55.1 Å². The summed E-state index contributed by atoms with van der Waals surface area (Å²) in [6.45, 7) is 6.00. The average molecular weight is 330 g/mol. The molecular formula is C17H18N2OS2. The first-order chi connectivity index (χ1) is 10.7. The number of rotatable bonds is 4. The SMILES string of the molecule is Cc1ccc(SNc2ccc(C)c3c(C4COC4)c[nH]c23)s1. The monoisotopic (exact) mass is 330 g/mol. The van der Waals surface area contributed by atoms with Gasteiger partial charge < -0.3 is 14.4 Å². The van der Waals surface area contributed by atoms with Gasteiger partial charge in [0.25, 0.3) is 0 Å². The van der Waals surface area contributed by atoms with Gasteiger partial charge in [0.2, 0.25) is 0 Å². The molecule has 0 saturated carbocycles. The van der Waals surface area contributed by atoms with E-state index in [1.165, 1.54) is 31.1 Å². The van der Waals surface area contributed by atoms with Crippen LogP contribution in [0.4, 0.5) is 5.69 Å². The van der Waals surface area contributed by atoms with Crippen LogP contribution in [0.3, 0.4) is 0 Å². The van der Waals surface area contributed by atoms with Crippen molar-refractivity contribution in [2.45, 2.75) is 24.0 Å². The molecule has 2 aromatic heterocycles. The Hall–Kier alpha value is -1.43. The van der Waals surface area contributed by atoms with Gasteiger partial charge in [-0.2, -0.15) is 0 Å². The summed E-state index contributed by atoms with van der Waals surface area (Å²) in [7, 11) is 0. The molecule has 1 fully saturated rings. The highest BCUT2D eigenvalue weighted by Crippen LogP contribution is 2.37. The molecule has 1 aliphatic heterocycles. The highest BCUT2D eigenvalue weighted by atomic mass is 32.2. The van der Waals surface area contributed by atoms with Gasteiger partial charge in [0.1, 0.15) is 0 Å². The highest BCUT2D eigenvalue weighted by Gasteiger charge is 2.24. The van der Waals surface area contributed by atoms with Crippen molar-refractivity contribution in [3.05, 3.63) is 46.5 Å². The lowest BCUT2D eigenvalue weighted by Crippen LogP contribution is -2.24. The van der Waals surface area contributed by atoms with Gasteiger partial charge in [-0.15, -0.1) is 11.3 Å². The Morgan fingerprint density at radius 2 is 2.09 bits per heavy atom. The maximum Gasteiger partial charge on any atom is 0.0810 e. The quantitative estimate of drug-likeness (QED) is 0.655. The van der Waals surface area contributed by atoms with E-state index in [2.05, 4.69) is 54.0 Å². The molecule has 22 heavy (non-hydrogen) atoms. The summed E-state index contributed by atoms with van der Waals surface area (Å²) in [5.41, 5.74) is 5.05. The zero-order chi connectivity index (χ0) is 15.1. The van der Waals surface area contributed by atoms with Gasteiger partial charge in [0, 0.05) is 22.4 Å². The molecule has 0 atom stereocenters. The van der Waals surface area contributed by atoms with Crippen molar-refractivity contribution in [1.29, 1.82) is 0 Å². The molecule has 1 aromatic carbocycles. The second kappa shape index (κ2) is 5.65. The van der Waals surface area contributed by atoms with E-state index < -0.39 is 0 Å². The van der Waals surface area contributed by atoms with Crippen molar-refractivity contribution in [3.63, 3.8) is 0 Å². The standard InChI is InChI=1S/C17H18N2OS2/c1-10-3-5-14(19-22-15-6-4-11(2)21-15)17-16(10)13(7-18-17)12-8-20-9-12/h3-7,12,18-19H,8-9H2,1-2H3. The Balaban J connectivity index is 1.66. The van der Waals surface area contributed by atoms with Crippen LogP contribution in [0.2, 0.25) is 0 Å². The number of benzene rings is 1. The molecular weight excluding hydrogens is 312 g/mol. The fraction of sp³-hybridized carbons (Fsp3) is 0.294. The van der Waals surface area contributed by atoms with Crippen LogP contribution in [-0.4, -0.2) is 18.2 Å². The third-order valence-electron chi connectivity index (χ3n) is 4.13. The zero-order valence-corrected chi connectivity index (χ0v) is 14.2. The molecule has 0 unspecified atom stereocenters. The molecule has 0 spiro atoms. The third kappa shape index (κ3) is 2.43. The molecule has 2 N–H and O–H groups in total. The van der Waals surface area contributed by atoms with Crippen molar-refractivity contribution < 1.29 is 4.74 Å². The lowest BCUT2D eigenvalue weighted by Gasteiger charge is -2.26. The van der Waals surface area contributed by atoms with Gasteiger partial charge in [0.15, 0.2) is 0 Å². The van der Waals surface area contributed by atoms with E-state index in [0.717, 1.165) is 18.9 Å². The van der Waals surface area contributed by atoms with Crippen LogP contribution >= 0.6 is 23.3 Å². The van der Waals surface area contributed by atoms with E-state index >= 15 is 0 Å². The van der Waals surface area contributed by atoms with Gasteiger partial charge in [-0.25, -0.2) is 0 Å². The fourth-order valence-corrected chi connectivity index (χ4v) is 4.64. The van der Waals surface area contributed by atoms with Crippen LogP contribution in [-0.2, 0) is 4.74 Å². The number of H-pyrrole nitrogens is 1. The van der Waals surface area contributed by atoms with Crippen LogP contribution in [0, 0.1) is 13.8 Å². The minimum Gasteiger partial charge on any atom is -0.380 e. The first kappa shape index (κ1) is 14.2. The number of hydrogen-bond donors (Lipinski definition) is 2. The third-order valence-corrected chi connectivity index (χ3v) is 6.08. The van der Waals surface area contributed by atoms with E-state index in [4.69, 9.17) is 4.74 Å². The Bertz CT molecular complexity index is 817. The summed E-state index contributed by atoms with van der Waals surface area (Å²) >= 11 is 3.49. The summed E-state index contributed by atoms with van der Waals surface area (Å²) in [6, 6.07) is 8.67. The molecule has 0 amide bonds. The number of ether oxygens (including phenoxy) is 1. The Labute approximate surface area is 138 Å². The summed E-state index contributed by atoms with van der Waals surface area (Å²) in [5.74, 6) is 0.537. The topological polar surface area (TPSA) is 37.0 Å². The Morgan fingerprint density at radius 1 is 1.23 bits per heavy atom. The number of aryl methyl sites for hydroxylation is 2. The molecule has 3 nitrogen and oxygen atoms in total. The number of aromatic amines is 1. The average Bonchev–Trinajstić information content (AvgIpc) is 3.04. The zero-order valence-electron chi connectivity index (χ0n) is 12.6. The summed E-state index contributed by atoms with van der Waals surface area (Å²) < 4.78 is 10.1. The molecule has 5 heteroatoms. The van der Waals surface area contributed by atoms with E-state index in [1.807, 2.05) is 11.3 Å². The van der Waals surface area contributed by atoms with Crippen molar-refractivity contribution >= 4 is 39.9 Å². The van der Waals surface area contributed by atoms with Gasteiger partial charge in [-0.3, -0.25) is 0 Å². The molecule has 114 valence electrons. The van der Waals surface area contributed by atoms with Crippen molar-refractivity contribution in [2.75, 3.05) is 17.9 Å². The smallest absolute Gasteiger partial charge is 0.0810 e. The van der Waals surface area contributed by atoms with Gasteiger partial charge in [0.05, 0.1) is 28.6 Å². The number of nitrogens with one attached hydrogen (secondary N) is 2. The number of aromatic nitrogens is 1. The molecule has 1 aliphatic rings. The van der Waals surface area contributed by atoms with E-state index in [9.17, 15) is 0 Å². The Morgan fingerprint density at radius 3 is 2.77 bits per heavy atom. The number of hydrogen-bond acceptors (Lipinski definition) is 4. The predicted molar refractivity (Wildman–Crippen MR) is 95.1 cm³/mol. The molecule has 3 aromatic rings. The van der Waals surface area contributed by atoms with Crippen LogP contribution < -0.4 is 4.72 Å². The minimum absolute atomic E-state index is 0.537. The molecule has 0 aliphatic carbocycles. The maximum atomic E-state index is 5.35. The first-order valence-corrected chi connectivity index (χ1v) is 9.03. The van der Waals surface area contributed by atoms with Crippen LogP contribution in [0.5, 0.6) is 0 Å². The predicted octanol–water partition coefficient (Wildman–Crippen LogP) is 5.08.